The third kappa shape index (κ3) is 5.99. The van der Waals surface area contributed by atoms with E-state index in [0.29, 0.717) is 5.56 Å². The van der Waals surface area contributed by atoms with Gasteiger partial charge in [-0.1, -0.05) is 136 Å². The first-order chi connectivity index (χ1) is 26.3. The second-order valence-corrected chi connectivity index (χ2v) is 14.9. The van der Waals surface area contributed by atoms with Crippen LogP contribution in [-0.2, 0) is 18.3 Å². The van der Waals surface area contributed by atoms with Gasteiger partial charge in [0.25, 0.3) is 0 Å². The molecule has 264 valence electrons. The molecular weight excluding hydrogens is 655 g/mol. The van der Waals surface area contributed by atoms with Crippen molar-refractivity contribution < 1.29 is 0 Å². The molecule has 0 amide bonds. The summed E-state index contributed by atoms with van der Waals surface area (Å²) in [6.07, 6.45) is 19.6. The summed E-state index contributed by atoms with van der Waals surface area (Å²) in [5.41, 5.74) is 18.8. The highest BCUT2D eigenvalue weighted by Crippen LogP contribution is 2.52. The van der Waals surface area contributed by atoms with E-state index in [1.807, 2.05) is 36.4 Å². The average molecular weight is 700 g/mol. The molecule has 0 spiro atoms. The maximum Gasteiger partial charge on any atom is 0.0998 e. The fraction of sp³-hybridized carbons (Fsp3) is 0.176. The Morgan fingerprint density at radius 1 is 0.833 bits per heavy atom. The van der Waals surface area contributed by atoms with Crippen LogP contribution in [0.3, 0.4) is 0 Å². The predicted octanol–water partition coefficient (Wildman–Crippen LogP) is 13.0. The lowest BCUT2D eigenvalue weighted by Crippen LogP contribution is -2.18. The molecule has 0 aliphatic heterocycles. The Hall–Kier alpha value is -6.24. The van der Waals surface area contributed by atoms with Crippen LogP contribution >= 0.6 is 0 Å². The number of hydrogen-bond donors (Lipinski definition) is 0. The van der Waals surface area contributed by atoms with Crippen molar-refractivity contribution in [3.8, 4) is 34.1 Å². The molecule has 3 nitrogen and oxygen atoms in total. The minimum absolute atomic E-state index is 0.173. The molecule has 0 saturated heterocycles. The Morgan fingerprint density at radius 3 is 2.41 bits per heavy atom. The highest BCUT2D eigenvalue weighted by molar-refractivity contribution is 6.02. The molecule has 0 saturated carbocycles. The quantitative estimate of drug-likeness (QED) is 0.180. The van der Waals surface area contributed by atoms with Gasteiger partial charge in [0.05, 0.1) is 22.8 Å². The van der Waals surface area contributed by atoms with Crippen molar-refractivity contribution in [1.29, 1.82) is 5.26 Å². The van der Waals surface area contributed by atoms with Crippen LogP contribution in [0, 0.1) is 18.3 Å². The molecule has 0 bridgehead atoms. The van der Waals surface area contributed by atoms with Gasteiger partial charge in [-0.05, 0) is 108 Å². The highest BCUT2D eigenvalue weighted by Gasteiger charge is 2.39. The largest absolute Gasteiger partial charge is 0.313 e. The van der Waals surface area contributed by atoms with Crippen LogP contribution < -0.4 is 0 Å². The highest BCUT2D eigenvalue weighted by atomic mass is 15.0. The zero-order chi connectivity index (χ0) is 37.4. The Balaban J connectivity index is 0.000000214. The first-order valence-electron chi connectivity index (χ1n) is 19.0. The zero-order valence-electron chi connectivity index (χ0n) is 31.7. The predicted molar refractivity (Wildman–Crippen MR) is 228 cm³/mol. The fourth-order valence-electron chi connectivity index (χ4n) is 8.69. The molecule has 3 aliphatic carbocycles. The van der Waals surface area contributed by atoms with Crippen molar-refractivity contribution in [3.63, 3.8) is 0 Å². The summed E-state index contributed by atoms with van der Waals surface area (Å²) < 4.78 is 2.51. The molecule has 0 radical (unpaired) electrons. The van der Waals surface area contributed by atoms with Crippen molar-refractivity contribution in [1.82, 2.24) is 9.55 Å². The lowest BCUT2D eigenvalue weighted by atomic mass is 9.80. The molecule has 3 heteroatoms. The number of aryl methyl sites for hydroxylation is 2. The number of aromatic nitrogens is 2. The molecule has 0 atom stereocenters. The van der Waals surface area contributed by atoms with Gasteiger partial charge in [0.2, 0.25) is 0 Å². The molecule has 9 rings (SSSR count). The van der Waals surface area contributed by atoms with E-state index in [2.05, 4.69) is 148 Å². The van der Waals surface area contributed by atoms with E-state index in [-0.39, 0.29) is 5.41 Å². The number of benzene rings is 4. The van der Waals surface area contributed by atoms with Gasteiger partial charge in [0.1, 0.15) is 0 Å². The van der Waals surface area contributed by atoms with E-state index in [1.165, 1.54) is 66.8 Å². The first-order valence-corrected chi connectivity index (χ1v) is 19.0. The minimum Gasteiger partial charge on any atom is -0.313 e. The summed E-state index contributed by atoms with van der Waals surface area (Å²) in [6, 6.07) is 36.2. The van der Waals surface area contributed by atoms with Gasteiger partial charge < -0.3 is 4.57 Å². The monoisotopic (exact) mass is 699 g/mol. The molecule has 3 aliphatic rings. The Labute approximate surface area is 319 Å². The lowest BCUT2D eigenvalue weighted by molar-refractivity contribution is 0.657. The maximum atomic E-state index is 9.80. The summed E-state index contributed by atoms with van der Waals surface area (Å²) in [7, 11) is 0. The molecule has 2 aromatic heterocycles. The van der Waals surface area contributed by atoms with Crippen molar-refractivity contribution >= 4 is 28.6 Å². The van der Waals surface area contributed by atoms with Crippen LogP contribution in [0.1, 0.15) is 78.4 Å². The minimum atomic E-state index is -0.173. The van der Waals surface area contributed by atoms with E-state index in [1.54, 1.807) is 0 Å². The van der Waals surface area contributed by atoms with E-state index in [9.17, 15) is 5.26 Å². The molecule has 2 heterocycles. The number of allylic oxidation sites excluding steroid dienone is 7. The molecular formula is C51H45N3. The fourth-order valence-corrected chi connectivity index (χ4v) is 8.69. The zero-order valence-corrected chi connectivity index (χ0v) is 31.7. The molecule has 6 aromatic rings. The topological polar surface area (TPSA) is 41.6 Å². The van der Waals surface area contributed by atoms with Gasteiger partial charge in [0, 0.05) is 39.0 Å². The number of fused-ring (bicyclic) bond motifs is 6. The number of rotatable bonds is 5. The Morgan fingerprint density at radius 2 is 1.61 bits per heavy atom. The second-order valence-electron chi connectivity index (χ2n) is 14.9. The summed E-state index contributed by atoms with van der Waals surface area (Å²) in [6.45, 7) is 13.1. The smallest absolute Gasteiger partial charge is 0.0998 e. The normalized spacial score (nSPS) is 15.0. The first kappa shape index (κ1) is 34.8. The van der Waals surface area contributed by atoms with Crippen LogP contribution in [0.25, 0.3) is 56.7 Å². The van der Waals surface area contributed by atoms with E-state index in [0.717, 1.165) is 48.2 Å². The van der Waals surface area contributed by atoms with Crippen LogP contribution in [0.2, 0.25) is 0 Å². The van der Waals surface area contributed by atoms with Gasteiger partial charge in [-0.15, -0.1) is 0 Å². The van der Waals surface area contributed by atoms with Gasteiger partial charge in [-0.2, -0.15) is 5.26 Å². The Kier molecular flexibility index (Phi) is 9.22. The van der Waals surface area contributed by atoms with E-state index < -0.39 is 0 Å². The number of nitrogens with zero attached hydrogens (tertiary/aromatic N) is 3. The number of hydrogen-bond acceptors (Lipinski definition) is 2. The number of pyridine rings is 1. The molecule has 4 aromatic carbocycles. The van der Waals surface area contributed by atoms with Gasteiger partial charge in [0.15, 0.2) is 0 Å². The van der Waals surface area contributed by atoms with Crippen LogP contribution in [-0.4, -0.2) is 9.55 Å². The Bertz CT molecular complexity index is 2610. The van der Waals surface area contributed by atoms with Crippen LogP contribution in [0.4, 0.5) is 0 Å². The molecule has 0 fully saturated rings. The summed E-state index contributed by atoms with van der Waals surface area (Å²) >= 11 is 0. The van der Waals surface area contributed by atoms with Crippen molar-refractivity contribution in [3.05, 3.63) is 184 Å². The molecule has 0 unspecified atom stereocenters. The average Bonchev–Trinajstić information content (AvgIpc) is 3.65. The van der Waals surface area contributed by atoms with Crippen molar-refractivity contribution in [2.45, 2.75) is 58.8 Å². The maximum absolute atomic E-state index is 9.80. The SMILES string of the molecule is C1=Cc2ccc(-c3ccccc3)nc2CC1.C=CC1=C(/C=C\C)C(C)(C)c2c1ccc1c3c(n(-c4cc(C)cc(-c5ccccc5C#N)c4)c21)CCC=C3. The van der Waals surface area contributed by atoms with Gasteiger partial charge in [-0.25, -0.2) is 0 Å². The van der Waals surface area contributed by atoms with Gasteiger partial charge >= 0.3 is 0 Å². The van der Waals surface area contributed by atoms with Crippen molar-refractivity contribution in [2.24, 2.45) is 0 Å². The number of nitriles is 1. The summed E-state index contributed by atoms with van der Waals surface area (Å²) in [4.78, 5) is 4.73. The van der Waals surface area contributed by atoms with Crippen molar-refractivity contribution in [2.75, 3.05) is 0 Å². The van der Waals surface area contributed by atoms with Crippen LogP contribution in [0.15, 0.2) is 140 Å². The molecule has 0 N–H and O–H groups in total. The summed E-state index contributed by atoms with van der Waals surface area (Å²) in [5.74, 6) is 0. The lowest BCUT2D eigenvalue weighted by Gasteiger charge is -2.25. The van der Waals surface area contributed by atoms with Gasteiger partial charge in [-0.3, -0.25) is 4.98 Å². The van der Waals surface area contributed by atoms with E-state index >= 15 is 0 Å². The third-order valence-corrected chi connectivity index (χ3v) is 11.1. The molecule has 54 heavy (non-hydrogen) atoms. The van der Waals surface area contributed by atoms with Crippen LogP contribution in [0.5, 0.6) is 0 Å². The second kappa shape index (κ2) is 14.3. The summed E-state index contributed by atoms with van der Waals surface area (Å²) in [5, 5.41) is 11.1. The third-order valence-electron chi connectivity index (χ3n) is 11.1. The van der Waals surface area contributed by atoms with E-state index in [4.69, 9.17) is 4.98 Å². The standard InChI is InChI=1S/C36H32N2.C15H13N/c1-6-12-32-27(7-2)30-17-18-31-29-15-10-11-16-33(29)38(35(31)34(30)36(32,4)5)26-20-23(3)19-25(21-26)28-14-9-8-13-24(28)22-37;1-2-6-12(7-3-1)15-11-10-13-8-4-5-9-14(13)16-15/h6-10,12-15,17-21H,2,11,16H2,1,3-5H3;1-4,6-8,10-11H,5,9H2/b12-6-;.